The molecule has 0 amide bonds. The minimum atomic E-state index is 0.429. The number of aromatic nitrogens is 1. The van der Waals surface area contributed by atoms with Crippen LogP contribution in [0, 0.1) is 0 Å². The highest BCUT2D eigenvalue weighted by Crippen LogP contribution is 2.31. The number of rotatable bonds is 7. The Morgan fingerprint density at radius 1 is 0.621 bits per heavy atom. The molecule has 4 heteroatoms. The maximum Gasteiger partial charge on any atom is 0.225 e. The van der Waals surface area contributed by atoms with Gasteiger partial charge < -0.3 is 9.47 Å². The molecule has 3 nitrogen and oxygen atoms in total. The fourth-order valence-corrected chi connectivity index (χ4v) is 2.95. The molecular weight excluding hydrogens is 357 g/mol. The van der Waals surface area contributed by atoms with Crippen LogP contribution in [-0.2, 0) is 13.2 Å². The van der Waals surface area contributed by atoms with Gasteiger partial charge in [0, 0.05) is 11.6 Å². The van der Waals surface area contributed by atoms with Gasteiger partial charge in [0.1, 0.15) is 21.1 Å². The second kappa shape index (κ2) is 9.11. The van der Waals surface area contributed by atoms with E-state index in [1.165, 1.54) is 0 Å². The maximum absolute atomic E-state index is 6.08. The molecular formula is C25H20BNO2. The molecule has 0 unspecified atom stereocenters. The molecule has 3 aromatic carbocycles. The van der Waals surface area contributed by atoms with Crippen molar-refractivity contribution in [1.29, 1.82) is 0 Å². The minimum Gasteiger partial charge on any atom is -0.473 e. The molecule has 0 fully saturated rings. The number of hydrogen-bond donors (Lipinski definition) is 0. The molecule has 0 N–H and O–H groups in total. The molecule has 0 aliphatic rings. The fraction of sp³-hybridized carbons (Fsp3) is 0.0800. The quantitative estimate of drug-likeness (QED) is 0.438. The minimum absolute atomic E-state index is 0.429. The summed E-state index contributed by atoms with van der Waals surface area (Å²) in [5.74, 6) is 1.06. The Hall–Kier alpha value is -3.53. The molecule has 0 aliphatic carbocycles. The summed E-state index contributed by atoms with van der Waals surface area (Å²) in [7, 11) is 5.83. The first-order valence-electron chi connectivity index (χ1n) is 9.48. The van der Waals surface area contributed by atoms with Crippen LogP contribution in [0.3, 0.4) is 0 Å². The van der Waals surface area contributed by atoms with Gasteiger partial charge in [-0.15, -0.1) is 0 Å². The van der Waals surface area contributed by atoms with E-state index < -0.39 is 0 Å². The van der Waals surface area contributed by atoms with Crippen LogP contribution in [0.1, 0.15) is 11.1 Å². The van der Waals surface area contributed by atoms with Gasteiger partial charge in [-0.1, -0.05) is 90.4 Å². The summed E-state index contributed by atoms with van der Waals surface area (Å²) in [5, 5.41) is 0. The van der Waals surface area contributed by atoms with Crippen LogP contribution in [-0.4, -0.2) is 12.8 Å². The number of pyridine rings is 1. The Kier molecular flexibility index (Phi) is 5.91. The summed E-state index contributed by atoms with van der Waals surface area (Å²) in [6, 6.07) is 31.5. The normalized spacial score (nSPS) is 10.5. The van der Waals surface area contributed by atoms with Crippen molar-refractivity contribution in [2.24, 2.45) is 0 Å². The van der Waals surface area contributed by atoms with Crippen molar-refractivity contribution in [2.75, 3.05) is 0 Å². The third kappa shape index (κ3) is 5.05. The summed E-state index contributed by atoms with van der Waals surface area (Å²) in [5.41, 5.74) is 4.77. The Balaban J connectivity index is 1.58. The lowest BCUT2D eigenvalue weighted by atomic mass is 9.94. The zero-order chi connectivity index (χ0) is 19.9. The van der Waals surface area contributed by atoms with Crippen LogP contribution in [0.4, 0.5) is 0 Å². The molecule has 29 heavy (non-hydrogen) atoms. The van der Waals surface area contributed by atoms with Gasteiger partial charge in [0.15, 0.2) is 0 Å². The molecule has 1 heterocycles. The van der Waals surface area contributed by atoms with E-state index in [0.717, 1.165) is 27.7 Å². The van der Waals surface area contributed by atoms with Crippen LogP contribution in [0.5, 0.6) is 11.8 Å². The molecule has 4 aromatic rings. The van der Waals surface area contributed by atoms with Crippen molar-refractivity contribution in [1.82, 2.24) is 4.98 Å². The molecule has 1 aromatic heterocycles. The Morgan fingerprint density at radius 3 is 1.83 bits per heavy atom. The highest BCUT2D eigenvalue weighted by molar-refractivity contribution is 6.32. The standard InChI is InChI=1S/C25H20BNO2/c26-22-13-11-21(12-14-22)23-15-16-24(28-17-19-7-3-1-4-8-19)27-25(23)29-18-20-9-5-2-6-10-20/h1-16H,17-18H2. The number of ether oxygens (including phenoxy) is 2. The second-order valence-corrected chi connectivity index (χ2v) is 6.67. The van der Waals surface area contributed by atoms with Crippen molar-refractivity contribution >= 4 is 13.3 Å². The first-order chi connectivity index (χ1) is 14.3. The Labute approximate surface area is 172 Å². The molecule has 0 aliphatic heterocycles. The third-order valence-electron chi connectivity index (χ3n) is 4.50. The summed E-state index contributed by atoms with van der Waals surface area (Å²) >= 11 is 0. The van der Waals surface area contributed by atoms with E-state index in [1.54, 1.807) is 0 Å². The number of hydrogen-bond acceptors (Lipinski definition) is 3. The molecule has 2 radical (unpaired) electrons. The lowest BCUT2D eigenvalue weighted by Gasteiger charge is -2.13. The van der Waals surface area contributed by atoms with E-state index in [-0.39, 0.29) is 0 Å². The molecule has 0 bridgehead atoms. The van der Waals surface area contributed by atoms with Crippen LogP contribution in [0.25, 0.3) is 11.1 Å². The van der Waals surface area contributed by atoms with Gasteiger partial charge in [-0.05, 0) is 22.8 Å². The highest BCUT2D eigenvalue weighted by Gasteiger charge is 2.11. The molecule has 4 rings (SSSR count). The number of benzene rings is 3. The van der Waals surface area contributed by atoms with Crippen molar-refractivity contribution in [3.8, 4) is 22.9 Å². The average Bonchev–Trinajstić information content (AvgIpc) is 2.78. The maximum atomic E-state index is 6.08. The average molecular weight is 377 g/mol. The van der Waals surface area contributed by atoms with E-state index in [2.05, 4.69) is 4.98 Å². The predicted molar refractivity (Wildman–Crippen MR) is 117 cm³/mol. The van der Waals surface area contributed by atoms with Crippen molar-refractivity contribution < 1.29 is 9.47 Å². The first-order valence-corrected chi connectivity index (χ1v) is 9.48. The zero-order valence-electron chi connectivity index (χ0n) is 16.0. The lowest BCUT2D eigenvalue weighted by molar-refractivity contribution is 0.268. The summed E-state index contributed by atoms with van der Waals surface area (Å²) < 4.78 is 12.0. The molecule has 0 saturated heterocycles. The van der Waals surface area contributed by atoms with E-state index in [1.807, 2.05) is 97.1 Å². The highest BCUT2D eigenvalue weighted by atomic mass is 16.5. The molecule has 0 spiro atoms. The fourth-order valence-electron chi connectivity index (χ4n) is 2.95. The smallest absolute Gasteiger partial charge is 0.225 e. The van der Waals surface area contributed by atoms with Gasteiger partial charge in [-0.25, -0.2) is 0 Å². The van der Waals surface area contributed by atoms with Crippen LogP contribution in [0.15, 0.2) is 97.1 Å². The monoisotopic (exact) mass is 377 g/mol. The van der Waals surface area contributed by atoms with E-state index in [9.17, 15) is 0 Å². The zero-order valence-corrected chi connectivity index (χ0v) is 16.0. The summed E-state index contributed by atoms with van der Waals surface area (Å²) in [6.45, 7) is 0.880. The first kappa shape index (κ1) is 18.8. The van der Waals surface area contributed by atoms with Crippen molar-refractivity contribution in [2.45, 2.75) is 13.2 Å². The van der Waals surface area contributed by atoms with Gasteiger partial charge >= 0.3 is 0 Å². The summed E-state index contributed by atoms with van der Waals surface area (Å²) in [4.78, 5) is 4.63. The number of nitrogens with zero attached hydrogens (tertiary/aromatic N) is 1. The SMILES string of the molecule is [B]c1ccc(-c2ccc(OCc3ccccc3)nc2OCc2ccccc2)cc1. The van der Waals surface area contributed by atoms with Crippen molar-refractivity contribution in [3.63, 3.8) is 0 Å². The third-order valence-corrected chi connectivity index (χ3v) is 4.50. The molecule has 0 saturated carbocycles. The second-order valence-electron chi connectivity index (χ2n) is 6.67. The van der Waals surface area contributed by atoms with Gasteiger partial charge in [0.2, 0.25) is 11.8 Å². The molecule has 140 valence electrons. The van der Waals surface area contributed by atoms with Gasteiger partial charge in [-0.2, -0.15) is 4.98 Å². The van der Waals surface area contributed by atoms with Crippen LogP contribution >= 0.6 is 0 Å². The van der Waals surface area contributed by atoms with Gasteiger partial charge in [0.05, 0.1) is 0 Å². The summed E-state index contributed by atoms with van der Waals surface area (Å²) in [6.07, 6.45) is 0. The lowest BCUT2D eigenvalue weighted by Crippen LogP contribution is -2.03. The van der Waals surface area contributed by atoms with E-state index in [0.29, 0.717) is 25.0 Å². The van der Waals surface area contributed by atoms with Crippen molar-refractivity contribution in [3.05, 3.63) is 108 Å². The van der Waals surface area contributed by atoms with Gasteiger partial charge in [-0.3, -0.25) is 0 Å². The Bertz CT molecular complexity index is 1050. The Morgan fingerprint density at radius 2 is 1.21 bits per heavy atom. The van der Waals surface area contributed by atoms with Crippen LogP contribution in [0.2, 0.25) is 0 Å². The topological polar surface area (TPSA) is 31.4 Å². The molecule has 0 atom stereocenters. The largest absolute Gasteiger partial charge is 0.473 e. The van der Waals surface area contributed by atoms with E-state index in [4.69, 9.17) is 17.3 Å². The predicted octanol–water partition coefficient (Wildman–Crippen LogP) is 4.70. The van der Waals surface area contributed by atoms with Crippen LogP contribution < -0.4 is 14.9 Å². The van der Waals surface area contributed by atoms with Gasteiger partial charge in [0.25, 0.3) is 0 Å². The van der Waals surface area contributed by atoms with E-state index >= 15 is 0 Å².